The number of ether oxygens (including phenoxy) is 1. The predicted molar refractivity (Wildman–Crippen MR) is 161 cm³/mol. The molecule has 220 valence electrons. The zero-order chi connectivity index (χ0) is 29.7. The Hall–Kier alpha value is -4.17. The summed E-state index contributed by atoms with van der Waals surface area (Å²) in [5.41, 5.74) is 4.81. The molecule has 3 aromatic rings. The Morgan fingerprint density at radius 2 is 1.48 bits per heavy atom. The molecule has 8 heteroatoms. The number of carboxylic acid groups (broad SMARTS) is 1. The molecule has 1 aliphatic heterocycles. The van der Waals surface area contributed by atoms with Crippen molar-refractivity contribution in [2.45, 2.75) is 57.2 Å². The Labute approximate surface area is 247 Å². The topological polar surface area (TPSA) is 108 Å². The first-order chi connectivity index (χ1) is 20.2. The van der Waals surface area contributed by atoms with Crippen LogP contribution in [-0.2, 0) is 20.9 Å². The van der Waals surface area contributed by atoms with Crippen molar-refractivity contribution in [3.05, 3.63) is 95.6 Å². The molecule has 1 heterocycles. The largest absolute Gasteiger partial charge is 0.481 e. The molecule has 5 rings (SSSR count). The van der Waals surface area contributed by atoms with Crippen LogP contribution in [0.5, 0.6) is 0 Å². The zero-order valence-electron chi connectivity index (χ0n) is 24.2. The number of benzene rings is 3. The molecule has 0 saturated carbocycles. The summed E-state index contributed by atoms with van der Waals surface area (Å²) in [7, 11) is 0. The summed E-state index contributed by atoms with van der Waals surface area (Å²) in [6.07, 6.45) is 0.172. The van der Waals surface area contributed by atoms with Crippen LogP contribution >= 0.6 is 0 Å². The highest BCUT2D eigenvalue weighted by Crippen LogP contribution is 2.44. The van der Waals surface area contributed by atoms with E-state index in [0.29, 0.717) is 25.9 Å². The molecular weight excluding hydrogens is 530 g/mol. The van der Waals surface area contributed by atoms with Crippen LogP contribution in [0.4, 0.5) is 4.79 Å². The van der Waals surface area contributed by atoms with E-state index in [1.165, 1.54) is 5.56 Å². The lowest BCUT2D eigenvalue weighted by atomic mass is 9.83. The first kappa shape index (κ1) is 29.3. The van der Waals surface area contributed by atoms with Gasteiger partial charge in [0.15, 0.2) is 0 Å². The van der Waals surface area contributed by atoms with E-state index in [9.17, 15) is 19.5 Å². The number of amides is 2. The van der Waals surface area contributed by atoms with Crippen molar-refractivity contribution in [1.29, 1.82) is 0 Å². The normalized spacial score (nSPS) is 16.7. The van der Waals surface area contributed by atoms with Gasteiger partial charge < -0.3 is 20.5 Å². The predicted octanol–water partition coefficient (Wildman–Crippen LogP) is 5.18. The lowest BCUT2D eigenvalue weighted by Gasteiger charge is -2.42. The number of carboxylic acids is 1. The van der Waals surface area contributed by atoms with Gasteiger partial charge in [-0.25, -0.2) is 4.79 Å². The lowest BCUT2D eigenvalue weighted by Crippen LogP contribution is -2.61. The molecule has 0 bridgehead atoms. The molecule has 0 unspecified atom stereocenters. The summed E-state index contributed by atoms with van der Waals surface area (Å²) in [5, 5.41) is 15.5. The fourth-order valence-corrected chi connectivity index (χ4v) is 6.26. The van der Waals surface area contributed by atoms with Crippen molar-refractivity contribution in [2.24, 2.45) is 5.92 Å². The van der Waals surface area contributed by atoms with E-state index in [2.05, 4.69) is 51.9 Å². The Morgan fingerprint density at radius 3 is 2.05 bits per heavy atom. The van der Waals surface area contributed by atoms with E-state index < -0.39 is 29.6 Å². The van der Waals surface area contributed by atoms with E-state index in [1.54, 1.807) is 0 Å². The van der Waals surface area contributed by atoms with Crippen molar-refractivity contribution >= 4 is 18.0 Å². The fraction of sp³-hybridized carbons (Fsp3) is 0.382. The van der Waals surface area contributed by atoms with Crippen LogP contribution < -0.4 is 10.6 Å². The quantitative estimate of drug-likeness (QED) is 0.311. The van der Waals surface area contributed by atoms with E-state index in [0.717, 1.165) is 28.8 Å². The first-order valence-corrected chi connectivity index (χ1v) is 14.7. The molecule has 1 atom stereocenters. The Morgan fingerprint density at radius 1 is 0.905 bits per heavy atom. The summed E-state index contributed by atoms with van der Waals surface area (Å²) in [6, 6.07) is 25.5. The van der Waals surface area contributed by atoms with Crippen LogP contribution in [0, 0.1) is 5.92 Å². The van der Waals surface area contributed by atoms with Gasteiger partial charge in [-0.1, -0.05) is 92.7 Å². The number of nitrogens with zero attached hydrogens (tertiary/aromatic N) is 1. The Balaban J connectivity index is 1.21. The summed E-state index contributed by atoms with van der Waals surface area (Å²) in [5.74, 6) is -1.67. The zero-order valence-corrected chi connectivity index (χ0v) is 24.2. The van der Waals surface area contributed by atoms with Crippen LogP contribution in [0.15, 0.2) is 78.9 Å². The lowest BCUT2D eigenvalue weighted by molar-refractivity contribution is -0.140. The van der Waals surface area contributed by atoms with E-state index in [4.69, 9.17) is 4.74 Å². The van der Waals surface area contributed by atoms with Gasteiger partial charge in [0.05, 0.1) is 12.0 Å². The minimum Gasteiger partial charge on any atom is -0.481 e. The number of aliphatic carboxylic acids is 1. The van der Waals surface area contributed by atoms with Crippen molar-refractivity contribution in [3.8, 4) is 11.1 Å². The number of hydrogen-bond donors (Lipinski definition) is 3. The number of piperidine rings is 1. The minimum atomic E-state index is -0.961. The van der Waals surface area contributed by atoms with E-state index in [1.807, 2.05) is 56.3 Å². The molecule has 2 amide bonds. The average molecular weight is 570 g/mol. The van der Waals surface area contributed by atoms with Gasteiger partial charge in [0.2, 0.25) is 5.91 Å². The fourth-order valence-electron chi connectivity index (χ4n) is 6.26. The molecular formula is C34H39N3O5. The highest BCUT2D eigenvalue weighted by Gasteiger charge is 2.40. The third kappa shape index (κ3) is 6.65. The van der Waals surface area contributed by atoms with Crippen molar-refractivity contribution in [2.75, 3.05) is 19.7 Å². The van der Waals surface area contributed by atoms with Gasteiger partial charge in [0, 0.05) is 25.6 Å². The number of carbonyl (C=O) groups is 3. The number of carbonyl (C=O) groups excluding carboxylic acids is 2. The molecule has 0 aromatic heterocycles. The van der Waals surface area contributed by atoms with Gasteiger partial charge in [-0.15, -0.1) is 0 Å². The number of hydrogen-bond acceptors (Lipinski definition) is 5. The standard InChI is InChI=1S/C34H39N3O5/c1-23(2)31(35-33(41)42-22-29-27-14-8-6-12-25(27)26-13-7-9-15-28(26)29)32(40)36-34(20-30(38)39)16-18-37(19-17-34)21-24-10-4-3-5-11-24/h3-15,23,29,31H,16-22H2,1-2H3,(H,35,41)(H,36,40)(H,38,39)/t31-/m1/s1. The van der Waals surface area contributed by atoms with Crippen LogP contribution in [0.3, 0.4) is 0 Å². The van der Waals surface area contributed by atoms with Crippen LogP contribution in [0.2, 0.25) is 0 Å². The van der Waals surface area contributed by atoms with Crippen molar-refractivity contribution < 1.29 is 24.2 Å². The molecule has 0 spiro atoms. The Bertz CT molecular complexity index is 1370. The maximum atomic E-state index is 13.5. The summed E-state index contributed by atoms with van der Waals surface area (Å²) in [6.45, 7) is 5.94. The summed E-state index contributed by atoms with van der Waals surface area (Å²) < 4.78 is 5.69. The maximum absolute atomic E-state index is 13.5. The van der Waals surface area contributed by atoms with Gasteiger partial charge in [-0.05, 0) is 46.6 Å². The van der Waals surface area contributed by atoms with Crippen LogP contribution in [0.25, 0.3) is 11.1 Å². The van der Waals surface area contributed by atoms with Gasteiger partial charge >= 0.3 is 12.1 Å². The van der Waals surface area contributed by atoms with Crippen molar-refractivity contribution in [3.63, 3.8) is 0 Å². The third-order valence-corrected chi connectivity index (χ3v) is 8.51. The molecule has 3 N–H and O–H groups in total. The molecule has 1 aliphatic carbocycles. The van der Waals surface area contributed by atoms with Gasteiger partial charge in [0.1, 0.15) is 12.6 Å². The molecule has 42 heavy (non-hydrogen) atoms. The molecule has 1 saturated heterocycles. The molecule has 3 aromatic carbocycles. The van der Waals surface area contributed by atoms with Crippen molar-refractivity contribution in [1.82, 2.24) is 15.5 Å². The summed E-state index contributed by atoms with van der Waals surface area (Å²) >= 11 is 0. The van der Waals surface area contributed by atoms with E-state index in [-0.39, 0.29) is 24.9 Å². The second-order valence-corrected chi connectivity index (χ2v) is 11.8. The van der Waals surface area contributed by atoms with E-state index >= 15 is 0 Å². The monoisotopic (exact) mass is 569 g/mol. The second-order valence-electron chi connectivity index (χ2n) is 11.8. The number of likely N-dealkylation sites (tertiary alicyclic amines) is 1. The number of rotatable bonds is 10. The highest BCUT2D eigenvalue weighted by molar-refractivity contribution is 5.87. The summed E-state index contributed by atoms with van der Waals surface area (Å²) in [4.78, 5) is 40.7. The first-order valence-electron chi connectivity index (χ1n) is 14.7. The van der Waals surface area contributed by atoms with Crippen LogP contribution in [0.1, 0.15) is 55.7 Å². The molecule has 0 radical (unpaired) electrons. The smallest absolute Gasteiger partial charge is 0.407 e. The number of alkyl carbamates (subject to hydrolysis) is 1. The molecule has 1 fully saturated rings. The maximum Gasteiger partial charge on any atom is 0.407 e. The van der Waals surface area contributed by atoms with Gasteiger partial charge in [0.25, 0.3) is 0 Å². The molecule has 2 aliphatic rings. The average Bonchev–Trinajstić information content (AvgIpc) is 3.29. The minimum absolute atomic E-state index is 0.0885. The number of nitrogens with one attached hydrogen (secondary N) is 2. The SMILES string of the molecule is CC(C)[C@@H](NC(=O)OCC1c2ccccc2-c2ccccc21)C(=O)NC1(CC(=O)O)CCN(Cc2ccccc2)CC1. The third-order valence-electron chi connectivity index (χ3n) is 8.51. The van der Waals surface area contributed by atoms with Gasteiger partial charge in [-0.2, -0.15) is 0 Å². The van der Waals surface area contributed by atoms with Crippen LogP contribution in [-0.4, -0.2) is 59.3 Å². The highest BCUT2D eigenvalue weighted by atomic mass is 16.5. The second kappa shape index (κ2) is 12.8. The van der Waals surface area contributed by atoms with Gasteiger partial charge in [-0.3, -0.25) is 14.5 Å². The number of fused-ring (bicyclic) bond motifs is 3. The molecule has 8 nitrogen and oxygen atoms in total. The Kier molecular flexibility index (Phi) is 8.92.